The van der Waals surface area contributed by atoms with Crippen LogP contribution >= 0.6 is 0 Å². The van der Waals surface area contributed by atoms with Crippen LogP contribution < -0.4 is 0 Å². The zero-order valence-corrected chi connectivity index (χ0v) is 7.80. The van der Waals surface area contributed by atoms with Crippen LogP contribution in [-0.4, -0.2) is 51.6 Å². The van der Waals surface area contributed by atoms with Gasteiger partial charge in [-0.25, -0.2) is 4.79 Å². The fourth-order valence-electron chi connectivity index (χ4n) is 1.53. The van der Waals surface area contributed by atoms with E-state index in [9.17, 15) is 4.79 Å². The molecule has 0 N–H and O–H groups in total. The van der Waals surface area contributed by atoms with Crippen LogP contribution in [0.1, 0.15) is 0 Å². The van der Waals surface area contributed by atoms with Crippen LogP contribution in [0.5, 0.6) is 0 Å². The smallest absolute Gasteiger partial charge is 0.337 e. The summed E-state index contributed by atoms with van der Waals surface area (Å²) in [4.78, 5) is 11.3. The summed E-state index contributed by atoms with van der Waals surface area (Å²) < 4.78 is 25.2. The normalized spacial score (nSPS) is 37.4. The van der Waals surface area contributed by atoms with E-state index in [1.165, 1.54) is 7.11 Å². The Bertz CT molecular complexity index is 216. The van der Waals surface area contributed by atoms with E-state index in [4.69, 9.17) is 18.9 Å². The second-order valence-electron chi connectivity index (χ2n) is 3.05. The Balaban J connectivity index is 2.04. The summed E-state index contributed by atoms with van der Waals surface area (Å²) in [6.45, 7) is 0.635. The second kappa shape index (κ2) is 4.22. The summed E-state index contributed by atoms with van der Waals surface area (Å²) >= 11 is 0. The lowest BCUT2D eigenvalue weighted by Gasteiger charge is -2.38. The largest absolute Gasteiger partial charge is 0.467 e. The molecule has 0 spiro atoms. The predicted molar refractivity (Wildman–Crippen MR) is 42.3 cm³/mol. The standard InChI is InChI=1S/C8H12O6/c1-10-8(9)7-6-5(12-4-14-7)2-11-3-13-6/h5-7H,2-4H2,1H3/t5-,6-,7-/m1/s1. The van der Waals surface area contributed by atoms with Gasteiger partial charge in [0.25, 0.3) is 0 Å². The van der Waals surface area contributed by atoms with Crippen LogP contribution in [0.15, 0.2) is 0 Å². The minimum atomic E-state index is -0.706. The number of esters is 1. The molecule has 6 heteroatoms. The van der Waals surface area contributed by atoms with Gasteiger partial charge in [-0.05, 0) is 0 Å². The van der Waals surface area contributed by atoms with E-state index in [1.807, 2.05) is 0 Å². The van der Waals surface area contributed by atoms with Gasteiger partial charge >= 0.3 is 5.97 Å². The van der Waals surface area contributed by atoms with Gasteiger partial charge in [0.15, 0.2) is 6.10 Å². The molecular weight excluding hydrogens is 192 g/mol. The molecular formula is C8H12O6. The highest BCUT2D eigenvalue weighted by atomic mass is 16.8. The molecule has 0 aromatic rings. The van der Waals surface area contributed by atoms with E-state index in [0.717, 1.165) is 0 Å². The van der Waals surface area contributed by atoms with Gasteiger partial charge in [-0.2, -0.15) is 0 Å². The van der Waals surface area contributed by atoms with Crippen molar-refractivity contribution in [2.75, 3.05) is 27.3 Å². The molecule has 0 aliphatic carbocycles. The van der Waals surface area contributed by atoms with Gasteiger partial charge in [0.05, 0.1) is 13.7 Å². The number of carbonyl (C=O) groups is 1. The molecule has 2 saturated heterocycles. The summed E-state index contributed by atoms with van der Waals surface area (Å²) in [5.41, 5.74) is 0. The Morgan fingerprint density at radius 1 is 1.29 bits per heavy atom. The van der Waals surface area contributed by atoms with Gasteiger partial charge in [0.2, 0.25) is 0 Å². The topological polar surface area (TPSA) is 63.2 Å². The molecule has 3 atom stereocenters. The summed E-state index contributed by atoms with van der Waals surface area (Å²) in [5, 5.41) is 0. The first-order chi connectivity index (χ1) is 6.83. The number of carbonyl (C=O) groups excluding carboxylic acids is 1. The van der Waals surface area contributed by atoms with Crippen LogP contribution in [0.4, 0.5) is 0 Å². The van der Waals surface area contributed by atoms with Crippen molar-refractivity contribution < 1.29 is 28.5 Å². The van der Waals surface area contributed by atoms with E-state index in [1.54, 1.807) is 0 Å². The summed E-state index contributed by atoms with van der Waals surface area (Å²) in [6, 6.07) is 0. The first-order valence-electron chi connectivity index (χ1n) is 4.33. The number of methoxy groups -OCH3 is 1. The van der Waals surface area contributed by atoms with Crippen molar-refractivity contribution in [3.63, 3.8) is 0 Å². The van der Waals surface area contributed by atoms with Crippen molar-refractivity contribution in [3.8, 4) is 0 Å². The number of hydrogen-bond acceptors (Lipinski definition) is 6. The Kier molecular flexibility index (Phi) is 2.97. The SMILES string of the molecule is COC(=O)[C@@H]1OCO[C@@H]2COCO[C@H]21. The molecule has 0 aromatic carbocycles. The lowest BCUT2D eigenvalue weighted by molar-refractivity contribution is -0.298. The number of rotatable bonds is 1. The van der Waals surface area contributed by atoms with Crippen LogP contribution in [0.3, 0.4) is 0 Å². The lowest BCUT2D eigenvalue weighted by atomic mass is 10.1. The molecule has 0 radical (unpaired) electrons. The maximum Gasteiger partial charge on any atom is 0.337 e. The predicted octanol–water partition coefficient (Wildman–Crippen LogP) is -0.726. The third-order valence-corrected chi connectivity index (χ3v) is 2.25. The quantitative estimate of drug-likeness (QED) is 0.525. The molecule has 2 aliphatic heterocycles. The molecule has 14 heavy (non-hydrogen) atoms. The van der Waals surface area contributed by atoms with Crippen LogP contribution in [0.2, 0.25) is 0 Å². The Labute approximate surface area is 81.0 Å². The molecule has 2 heterocycles. The third kappa shape index (κ3) is 1.74. The highest BCUT2D eigenvalue weighted by Crippen LogP contribution is 2.22. The summed E-state index contributed by atoms with van der Waals surface area (Å²) in [5.74, 6) is -0.440. The highest BCUT2D eigenvalue weighted by Gasteiger charge is 2.43. The number of ether oxygens (including phenoxy) is 5. The second-order valence-corrected chi connectivity index (χ2v) is 3.05. The first-order valence-corrected chi connectivity index (χ1v) is 4.33. The molecule has 0 aromatic heterocycles. The zero-order chi connectivity index (χ0) is 9.97. The lowest BCUT2D eigenvalue weighted by Crippen LogP contribution is -2.55. The summed E-state index contributed by atoms with van der Waals surface area (Å²) in [6.07, 6.45) is -1.38. The van der Waals surface area contributed by atoms with Crippen molar-refractivity contribution in [1.82, 2.24) is 0 Å². The van der Waals surface area contributed by atoms with Gasteiger partial charge in [0.1, 0.15) is 25.8 Å². The van der Waals surface area contributed by atoms with Crippen LogP contribution in [0.25, 0.3) is 0 Å². The number of hydrogen-bond donors (Lipinski definition) is 0. The number of fused-ring (bicyclic) bond motifs is 1. The maximum atomic E-state index is 11.3. The Hall–Kier alpha value is -0.690. The Morgan fingerprint density at radius 3 is 2.93 bits per heavy atom. The van der Waals surface area contributed by atoms with E-state index >= 15 is 0 Å². The zero-order valence-electron chi connectivity index (χ0n) is 7.80. The Morgan fingerprint density at radius 2 is 2.14 bits per heavy atom. The van der Waals surface area contributed by atoms with Crippen molar-refractivity contribution in [2.45, 2.75) is 18.3 Å². The minimum Gasteiger partial charge on any atom is -0.467 e. The molecule has 0 bridgehead atoms. The third-order valence-electron chi connectivity index (χ3n) is 2.25. The van der Waals surface area contributed by atoms with E-state index in [2.05, 4.69) is 4.74 Å². The molecule has 0 amide bonds. The van der Waals surface area contributed by atoms with E-state index < -0.39 is 18.2 Å². The molecule has 0 saturated carbocycles. The average Bonchev–Trinajstić information content (AvgIpc) is 2.27. The van der Waals surface area contributed by atoms with Crippen LogP contribution in [0, 0.1) is 0 Å². The fraction of sp³-hybridized carbons (Fsp3) is 0.875. The molecule has 0 unspecified atom stereocenters. The minimum absolute atomic E-state index is 0.0631. The van der Waals surface area contributed by atoms with Crippen molar-refractivity contribution >= 4 is 5.97 Å². The van der Waals surface area contributed by atoms with Crippen molar-refractivity contribution in [3.05, 3.63) is 0 Å². The molecule has 2 aliphatic rings. The molecule has 80 valence electrons. The van der Waals surface area contributed by atoms with Gasteiger partial charge in [-0.1, -0.05) is 0 Å². The monoisotopic (exact) mass is 204 g/mol. The van der Waals surface area contributed by atoms with Crippen molar-refractivity contribution in [2.24, 2.45) is 0 Å². The van der Waals surface area contributed by atoms with Crippen LogP contribution in [-0.2, 0) is 28.5 Å². The molecule has 2 rings (SSSR count). The summed E-state index contributed by atoms with van der Waals surface area (Å²) in [7, 11) is 1.31. The van der Waals surface area contributed by atoms with Crippen molar-refractivity contribution in [1.29, 1.82) is 0 Å². The molecule has 6 nitrogen and oxygen atoms in total. The molecule has 2 fully saturated rings. The van der Waals surface area contributed by atoms with E-state index in [0.29, 0.717) is 6.61 Å². The van der Waals surface area contributed by atoms with Gasteiger partial charge < -0.3 is 23.7 Å². The average molecular weight is 204 g/mol. The van der Waals surface area contributed by atoms with E-state index in [-0.39, 0.29) is 19.7 Å². The van der Waals surface area contributed by atoms with Gasteiger partial charge in [-0.3, -0.25) is 0 Å². The van der Waals surface area contributed by atoms with Gasteiger partial charge in [0, 0.05) is 0 Å². The van der Waals surface area contributed by atoms with Gasteiger partial charge in [-0.15, -0.1) is 0 Å². The highest BCUT2D eigenvalue weighted by molar-refractivity contribution is 5.75. The fourth-order valence-corrected chi connectivity index (χ4v) is 1.53. The maximum absolute atomic E-state index is 11.3. The first kappa shape index (κ1) is 9.85.